The molecule has 1 heterocycles. The molecule has 0 aliphatic heterocycles. The first-order valence-electron chi connectivity index (χ1n) is 5.68. The monoisotopic (exact) mass is 287 g/mol. The quantitative estimate of drug-likeness (QED) is 0.834. The summed E-state index contributed by atoms with van der Waals surface area (Å²) in [4.78, 5) is 14.3. The van der Waals surface area contributed by atoms with Gasteiger partial charge < -0.3 is 14.8 Å². The molecular weight excluding hydrogens is 275 g/mol. The van der Waals surface area contributed by atoms with E-state index in [1.165, 1.54) is 19.1 Å². The number of aliphatic hydroxyl groups is 1. The number of aromatic amines is 1. The standard InChI is InChI=1S/C13H12F3NO3/c1-7-10(8-5-3-4-6-9(8)17-7)12(19,11(18)20-2)13(14,15)16/h3-6,17,19H,1-2H3/t12-/m1/s1. The summed E-state index contributed by atoms with van der Waals surface area (Å²) in [5.74, 6) is -1.77. The maximum atomic E-state index is 13.2. The van der Waals surface area contributed by atoms with Crippen LogP contribution >= 0.6 is 0 Å². The van der Waals surface area contributed by atoms with Crippen LogP contribution in [-0.2, 0) is 15.1 Å². The number of benzene rings is 1. The van der Waals surface area contributed by atoms with Crippen molar-refractivity contribution < 1.29 is 27.8 Å². The lowest BCUT2D eigenvalue weighted by molar-refractivity contribution is -0.266. The highest BCUT2D eigenvalue weighted by Gasteiger charge is 2.63. The molecule has 20 heavy (non-hydrogen) atoms. The summed E-state index contributed by atoms with van der Waals surface area (Å²) in [6.07, 6.45) is -5.20. The first-order valence-corrected chi connectivity index (χ1v) is 5.68. The molecule has 1 aromatic carbocycles. The number of halogens is 3. The van der Waals surface area contributed by atoms with E-state index in [1.54, 1.807) is 12.1 Å². The number of H-pyrrole nitrogens is 1. The number of aromatic nitrogens is 1. The SMILES string of the molecule is COC(=O)[C@](O)(c1c(C)[nH]c2ccccc12)C(F)(F)F. The van der Waals surface area contributed by atoms with Gasteiger partial charge in [0.2, 0.25) is 0 Å². The van der Waals surface area contributed by atoms with Gasteiger partial charge in [-0.05, 0) is 13.0 Å². The minimum Gasteiger partial charge on any atom is -0.466 e. The molecule has 0 saturated carbocycles. The highest BCUT2D eigenvalue weighted by atomic mass is 19.4. The Morgan fingerprint density at radius 2 is 1.90 bits per heavy atom. The van der Waals surface area contributed by atoms with Crippen LogP contribution in [0, 0.1) is 6.92 Å². The predicted molar refractivity (Wildman–Crippen MR) is 65.0 cm³/mol. The van der Waals surface area contributed by atoms with Crippen LogP contribution in [0.2, 0.25) is 0 Å². The average Bonchev–Trinajstić information content (AvgIpc) is 2.71. The van der Waals surface area contributed by atoms with Crippen molar-refractivity contribution in [1.82, 2.24) is 4.98 Å². The number of alkyl halides is 3. The van der Waals surface area contributed by atoms with Crippen LogP contribution in [0.3, 0.4) is 0 Å². The molecular formula is C13H12F3NO3. The third kappa shape index (κ3) is 1.85. The van der Waals surface area contributed by atoms with E-state index in [4.69, 9.17) is 0 Å². The minimum absolute atomic E-state index is 0.0522. The van der Waals surface area contributed by atoms with Crippen LogP contribution in [0.1, 0.15) is 11.3 Å². The maximum absolute atomic E-state index is 13.2. The molecule has 2 aromatic rings. The minimum atomic E-state index is -5.20. The van der Waals surface area contributed by atoms with E-state index < -0.39 is 23.3 Å². The number of rotatable bonds is 2. The second kappa shape index (κ2) is 4.52. The molecule has 0 saturated heterocycles. The third-order valence-corrected chi connectivity index (χ3v) is 3.15. The van der Waals surface area contributed by atoms with Crippen LogP contribution < -0.4 is 0 Å². The number of para-hydroxylation sites is 1. The topological polar surface area (TPSA) is 62.3 Å². The molecule has 0 bridgehead atoms. The van der Waals surface area contributed by atoms with Crippen molar-refractivity contribution in [1.29, 1.82) is 0 Å². The van der Waals surface area contributed by atoms with E-state index in [-0.39, 0.29) is 11.1 Å². The largest absolute Gasteiger partial charge is 0.466 e. The Hall–Kier alpha value is -2.02. The Bertz CT molecular complexity index is 662. The van der Waals surface area contributed by atoms with Crippen LogP contribution in [0.5, 0.6) is 0 Å². The first kappa shape index (κ1) is 14.4. The zero-order valence-electron chi connectivity index (χ0n) is 10.7. The fourth-order valence-corrected chi connectivity index (χ4v) is 2.25. The van der Waals surface area contributed by atoms with Gasteiger partial charge in [0.15, 0.2) is 0 Å². The Morgan fingerprint density at radius 1 is 1.30 bits per heavy atom. The molecule has 7 heteroatoms. The van der Waals surface area contributed by atoms with Crippen LogP contribution in [0.4, 0.5) is 13.2 Å². The average molecular weight is 287 g/mol. The zero-order chi connectivity index (χ0) is 15.1. The van der Waals surface area contributed by atoms with Crippen molar-refractivity contribution in [3.05, 3.63) is 35.5 Å². The number of carbonyl (C=O) groups is 1. The summed E-state index contributed by atoms with van der Waals surface area (Å²) in [7, 11) is 0.795. The second-order valence-corrected chi connectivity index (χ2v) is 4.37. The first-order chi connectivity index (χ1) is 9.23. The zero-order valence-corrected chi connectivity index (χ0v) is 10.7. The summed E-state index contributed by atoms with van der Waals surface area (Å²) in [6, 6.07) is 6.10. The molecule has 2 N–H and O–H groups in total. The molecule has 1 aromatic heterocycles. The molecule has 0 aliphatic carbocycles. The number of hydrogen-bond donors (Lipinski definition) is 2. The van der Waals surface area contributed by atoms with E-state index in [9.17, 15) is 23.1 Å². The molecule has 0 spiro atoms. The number of esters is 1. The van der Waals surface area contributed by atoms with Crippen LogP contribution in [0.25, 0.3) is 10.9 Å². The molecule has 4 nitrogen and oxygen atoms in total. The van der Waals surface area contributed by atoms with E-state index in [0.29, 0.717) is 5.52 Å². The number of aryl methyl sites for hydroxylation is 1. The molecule has 2 rings (SSSR count). The molecule has 0 fully saturated rings. The van der Waals surface area contributed by atoms with Crippen molar-refractivity contribution in [3.8, 4) is 0 Å². The normalized spacial score (nSPS) is 15.1. The third-order valence-electron chi connectivity index (χ3n) is 3.15. The van der Waals surface area contributed by atoms with Gasteiger partial charge in [0.25, 0.3) is 5.60 Å². The van der Waals surface area contributed by atoms with Gasteiger partial charge in [-0.3, -0.25) is 0 Å². The number of fused-ring (bicyclic) bond motifs is 1. The smallest absolute Gasteiger partial charge is 0.432 e. The molecule has 0 aliphatic rings. The van der Waals surface area contributed by atoms with Gasteiger partial charge in [-0.2, -0.15) is 13.2 Å². The molecule has 108 valence electrons. The van der Waals surface area contributed by atoms with Crippen molar-refractivity contribution >= 4 is 16.9 Å². The number of nitrogens with one attached hydrogen (secondary N) is 1. The van der Waals surface area contributed by atoms with Crippen molar-refractivity contribution in [2.75, 3.05) is 7.11 Å². The van der Waals surface area contributed by atoms with Gasteiger partial charge in [0.05, 0.1) is 7.11 Å². The summed E-state index contributed by atoms with van der Waals surface area (Å²) in [5.41, 5.74) is -3.79. The Labute approximate surface area is 112 Å². The molecule has 0 amide bonds. The summed E-state index contributed by atoms with van der Waals surface area (Å²) in [5, 5.41) is 10.2. The van der Waals surface area contributed by atoms with E-state index in [2.05, 4.69) is 9.72 Å². The number of hydrogen-bond acceptors (Lipinski definition) is 3. The lowest BCUT2D eigenvalue weighted by atomic mass is 9.90. The number of ether oxygens (including phenoxy) is 1. The van der Waals surface area contributed by atoms with Gasteiger partial charge in [-0.15, -0.1) is 0 Å². The van der Waals surface area contributed by atoms with Gasteiger partial charge >= 0.3 is 12.1 Å². The van der Waals surface area contributed by atoms with Crippen LogP contribution in [0.15, 0.2) is 24.3 Å². The molecule has 0 unspecified atom stereocenters. The van der Waals surface area contributed by atoms with Crippen LogP contribution in [-0.4, -0.2) is 29.3 Å². The summed E-state index contributed by atoms with van der Waals surface area (Å²) in [6.45, 7) is 1.36. The van der Waals surface area contributed by atoms with Gasteiger partial charge in [-0.25, -0.2) is 4.79 Å². The van der Waals surface area contributed by atoms with Gasteiger partial charge in [0.1, 0.15) is 0 Å². The van der Waals surface area contributed by atoms with E-state index in [1.807, 2.05) is 0 Å². The van der Waals surface area contributed by atoms with Crippen molar-refractivity contribution in [3.63, 3.8) is 0 Å². The number of methoxy groups -OCH3 is 1. The van der Waals surface area contributed by atoms with Crippen molar-refractivity contribution in [2.24, 2.45) is 0 Å². The van der Waals surface area contributed by atoms with Gasteiger partial charge in [0, 0.05) is 22.2 Å². The summed E-state index contributed by atoms with van der Waals surface area (Å²) >= 11 is 0. The fraction of sp³-hybridized carbons (Fsp3) is 0.308. The second-order valence-electron chi connectivity index (χ2n) is 4.37. The Morgan fingerprint density at radius 3 is 2.45 bits per heavy atom. The van der Waals surface area contributed by atoms with Gasteiger partial charge in [-0.1, -0.05) is 18.2 Å². The number of carbonyl (C=O) groups excluding carboxylic acids is 1. The summed E-state index contributed by atoms with van der Waals surface area (Å²) < 4.78 is 43.9. The van der Waals surface area contributed by atoms with E-state index in [0.717, 1.165) is 7.11 Å². The lowest BCUT2D eigenvalue weighted by Crippen LogP contribution is -2.50. The van der Waals surface area contributed by atoms with Crippen molar-refractivity contribution in [2.45, 2.75) is 18.7 Å². The Kier molecular flexibility index (Phi) is 3.25. The Balaban J connectivity index is 2.83. The van der Waals surface area contributed by atoms with E-state index >= 15 is 0 Å². The fourth-order valence-electron chi connectivity index (χ4n) is 2.25. The predicted octanol–water partition coefficient (Wildman–Crippen LogP) is 2.40. The highest BCUT2D eigenvalue weighted by Crippen LogP contribution is 2.44. The lowest BCUT2D eigenvalue weighted by Gasteiger charge is -2.28. The maximum Gasteiger partial charge on any atom is 0.432 e. The molecule has 1 atom stereocenters. The molecule has 0 radical (unpaired) electrons. The highest BCUT2D eigenvalue weighted by molar-refractivity contribution is 5.93.